The van der Waals surface area contributed by atoms with Crippen LogP contribution in [0.1, 0.15) is 68.4 Å². The van der Waals surface area contributed by atoms with Crippen molar-refractivity contribution in [2.24, 2.45) is 0 Å². The van der Waals surface area contributed by atoms with Crippen molar-refractivity contribution in [3.8, 4) is 0 Å². The Kier molecular flexibility index (Phi) is 6.04. The lowest BCUT2D eigenvalue weighted by Crippen LogP contribution is -2.31. The van der Waals surface area contributed by atoms with Gasteiger partial charge in [0.1, 0.15) is 0 Å². The first-order valence-corrected chi connectivity index (χ1v) is 13.4. The number of hydrogen-bond acceptors (Lipinski definition) is 7. The number of aliphatic hydroxyl groups excluding tert-OH is 1. The Balaban J connectivity index is 1.69. The number of aliphatic hydroxyl groups is 1. The van der Waals surface area contributed by atoms with Gasteiger partial charge in [-0.1, -0.05) is 55.5 Å². The Labute approximate surface area is 218 Å². The minimum absolute atomic E-state index is 0.0659. The van der Waals surface area contributed by atoms with E-state index < -0.39 is 17.7 Å². The molecule has 0 saturated heterocycles. The molecule has 8 heteroatoms. The Morgan fingerprint density at radius 3 is 2.33 bits per heavy atom. The van der Waals surface area contributed by atoms with Crippen LogP contribution in [0.5, 0.6) is 0 Å². The number of carbonyl (C=O) groups excluding carboxylic acids is 2. The fourth-order valence-electron chi connectivity index (χ4n) is 4.74. The van der Waals surface area contributed by atoms with E-state index in [-0.39, 0.29) is 11.4 Å². The van der Waals surface area contributed by atoms with E-state index in [0.717, 1.165) is 37.5 Å². The predicted octanol–water partition coefficient (Wildman–Crippen LogP) is 6.89. The number of amides is 1. The van der Waals surface area contributed by atoms with Gasteiger partial charge < -0.3 is 5.11 Å². The number of thiazole rings is 2. The average molecular weight is 518 g/mol. The van der Waals surface area contributed by atoms with Gasteiger partial charge in [0.05, 0.1) is 37.4 Å². The first kappa shape index (κ1) is 24.3. The smallest absolute Gasteiger partial charge is 0.296 e. The summed E-state index contributed by atoms with van der Waals surface area (Å²) in [6.07, 6.45) is 0. The van der Waals surface area contributed by atoms with Crippen molar-refractivity contribution >= 4 is 49.7 Å². The van der Waals surface area contributed by atoms with Crippen LogP contribution in [0.4, 0.5) is 5.13 Å². The molecule has 1 N–H and O–H groups in total. The van der Waals surface area contributed by atoms with Crippen molar-refractivity contribution in [1.29, 1.82) is 0 Å². The highest BCUT2D eigenvalue weighted by atomic mass is 32.1. The largest absolute Gasteiger partial charge is 0.503 e. The molecule has 1 atom stereocenters. The second kappa shape index (κ2) is 8.94. The number of ketones is 1. The van der Waals surface area contributed by atoms with Crippen LogP contribution in [-0.2, 0) is 4.79 Å². The van der Waals surface area contributed by atoms with E-state index >= 15 is 0 Å². The molecule has 5 rings (SSSR count). The molecular formula is C28H27N3O3S2. The number of carbonyl (C=O) groups is 2. The third-order valence-corrected chi connectivity index (χ3v) is 8.58. The first-order valence-electron chi connectivity index (χ1n) is 11.8. The monoisotopic (exact) mass is 517 g/mol. The number of nitrogens with zero attached hydrogens (tertiary/aromatic N) is 3. The van der Waals surface area contributed by atoms with E-state index in [1.807, 2.05) is 51.1 Å². The molecule has 36 heavy (non-hydrogen) atoms. The molecule has 1 unspecified atom stereocenters. The maximum atomic E-state index is 13.8. The summed E-state index contributed by atoms with van der Waals surface area (Å²) < 4.78 is 0.956. The average Bonchev–Trinajstić information content (AvgIpc) is 3.47. The number of benzene rings is 2. The van der Waals surface area contributed by atoms with Gasteiger partial charge in [0, 0.05) is 0 Å². The summed E-state index contributed by atoms with van der Waals surface area (Å²) in [5.74, 6) is -1.19. The third kappa shape index (κ3) is 3.94. The number of aromatic nitrogens is 2. The van der Waals surface area contributed by atoms with Gasteiger partial charge in [-0.25, -0.2) is 9.97 Å². The molecule has 0 aliphatic carbocycles. The topological polar surface area (TPSA) is 83.4 Å². The number of rotatable bonds is 5. The van der Waals surface area contributed by atoms with Gasteiger partial charge in [-0.3, -0.25) is 14.5 Å². The molecule has 6 nitrogen and oxygen atoms in total. The normalized spacial score (nSPS) is 16.1. The van der Waals surface area contributed by atoms with E-state index in [9.17, 15) is 14.7 Å². The Morgan fingerprint density at radius 2 is 1.72 bits per heavy atom. The van der Waals surface area contributed by atoms with Crippen LogP contribution in [0.2, 0.25) is 0 Å². The Hall–Kier alpha value is -3.36. The van der Waals surface area contributed by atoms with E-state index in [1.54, 1.807) is 6.92 Å². The van der Waals surface area contributed by atoms with Crippen molar-refractivity contribution in [2.45, 2.75) is 53.5 Å². The maximum Gasteiger partial charge on any atom is 0.296 e. The highest BCUT2D eigenvalue weighted by Gasteiger charge is 2.46. The predicted molar refractivity (Wildman–Crippen MR) is 145 cm³/mol. The molecule has 0 saturated carbocycles. The molecule has 1 amide bonds. The molecular weight excluding hydrogens is 490 g/mol. The number of anilines is 1. The lowest BCUT2D eigenvalue weighted by molar-refractivity contribution is -0.117. The van der Waals surface area contributed by atoms with Crippen LogP contribution < -0.4 is 4.90 Å². The van der Waals surface area contributed by atoms with Crippen molar-refractivity contribution in [3.05, 3.63) is 85.6 Å². The maximum absolute atomic E-state index is 13.8. The SMILES string of the molecule is Cc1cc(C)c2nc(N3C(=O)C(O)=C(C(=O)c4sc(C)nc4C)C3c3ccc(C(C)C)cc3)sc2c1. The number of fused-ring (bicyclic) bond motifs is 1. The minimum Gasteiger partial charge on any atom is -0.503 e. The summed E-state index contributed by atoms with van der Waals surface area (Å²) in [5, 5.41) is 12.3. The van der Waals surface area contributed by atoms with Gasteiger partial charge in [-0.15, -0.1) is 11.3 Å². The van der Waals surface area contributed by atoms with E-state index in [4.69, 9.17) is 4.98 Å². The van der Waals surface area contributed by atoms with Gasteiger partial charge in [0.15, 0.2) is 10.9 Å². The zero-order valence-electron chi connectivity index (χ0n) is 21.0. The fraction of sp³-hybridized carbons (Fsp3) is 0.286. The molecule has 4 aromatic rings. The zero-order chi connectivity index (χ0) is 25.9. The lowest BCUT2D eigenvalue weighted by atomic mass is 9.93. The second-order valence-electron chi connectivity index (χ2n) is 9.56. The first-order chi connectivity index (χ1) is 17.1. The highest BCUT2D eigenvalue weighted by molar-refractivity contribution is 7.22. The molecule has 0 spiro atoms. The van der Waals surface area contributed by atoms with Crippen LogP contribution in [0, 0.1) is 27.7 Å². The highest BCUT2D eigenvalue weighted by Crippen LogP contribution is 2.45. The summed E-state index contributed by atoms with van der Waals surface area (Å²) in [4.78, 5) is 38.4. The summed E-state index contributed by atoms with van der Waals surface area (Å²) in [6.45, 7) is 11.8. The molecule has 2 aromatic carbocycles. The van der Waals surface area contributed by atoms with Crippen molar-refractivity contribution in [2.75, 3.05) is 4.90 Å². The van der Waals surface area contributed by atoms with Crippen molar-refractivity contribution < 1.29 is 14.7 Å². The Morgan fingerprint density at radius 1 is 1.03 bits per heavy atom. The van der Waals surface area contributed by atoms with Gasteiger partial charge >= 0.3 is 0 Å². The minimum atomic E-state index is -0.796. The van der Waals surface area contributed by atoms with Crippen LogP contribution in [-0.4, -0.2) is 26.8 Å². The zero-order valence-corrected chi connectivity index (χ0v) is 22.7. The fourth-order valence-corrected chi connectivity index (χ4v) is 6.78. The van der Waals surface area contributed by atoms with Gasteiger partial charge in [0.25, 0.3) is 5.91 Å². The van der Waals surface area contributed by atoms with E-state index in [1.165, 1.54) is 27.6 Å². The molecule has 184 valence electrons. The van der Waals surface area contributed by atoms with Crippen molar-refractivity contribution in [3.63, 3.8) is 0 Å². The lowest BCUT2D eigenvalue weighted by Gasteiger charge is -2.24. The Bertz CT molecular complexity index is 1560. The summed E-state index contributed by atoms with van der Waals surface area (Å²) in [6, 6.07) is 11.2. The molecule has 0 radical (unpaired) electrons. The summed E-state index contributed by atoms with van der Waals surface area (Å²) >= 11 is 2.66. The van der Waals surface area contributed by atoms with Crippen LogP contribution >= 0.6 is 22.7 Å². The molecule has 1 aliphatic rings. The van der Waals surface area contributed by atoms with Gasteiger partial charge in [-0.05, 0) is 61.9 Å². The van der Waals surface area contributed by atoms with Crippen LogP contribution in [0.25, 0.3) is 10.2 Å². The summed E-state index contributed by atoms with van der Waals surface area (Å²) in [5.41, 5.74) is 5.49. The summed E-state index contributed by atoms with van der Waals surface area (Å²) in [7, 11) is 0. The van der Waals surface area contributed by atoms with Gasteiger partial charge in [0.2, 0.25) is 5.78 Å². The molecule has 1 aliphatic heterocycles. The number of hydrogen-bond donors (Lipinski definition) is 1. The molecule has 2 aromatic heterocycles. The number of Topliss-reactive ketones (excluding diaryl/α,β-unsaturated/α-hetero) is 1. The molecule has 0 bridgehead atoms. The molecule has 0 fully saturated rings. The van der Waals surface area contributed by atoms with E-state index in [2.05, 4.69) is 24.9 Å². The van der Waals surface area contributed by atoms with E-state index in [0.29, 0.717) is 21.6 Å². The molecule has 3 heterocycles. The quantitative estimate of drug-likeness (QED) is 0.291. The number of aryl methyl sites for hydroxylation is 4. The third-order valence-electron chi connectivity index (χ3n) is 6.51. The van der Waals surface area contributed by atoms with Crippen LogP contribution in [0.15, 0.2) is 47.7 Å². The van der Waals surface area contributed by atoms with Crippen LogP contribution in [0.3, 0.4) is 0 Å². The van der Waals surface area contributed by atoms with Gasteiger partial charge in [-0.2, -0.15) is 0 Å². The standard InChI is InChI=1S/C28H27N3O3S2/c1-13(2)18-7-9-19(10-8-18)23-21(24(32)26-16(5)29-17(6)35-26)25(33)27(34)31(23)28-30-22-15(4)11-14(3)12-20(22)36-28/h7-13,23,33H,1-6H3. The second-order valence-corrected chi connectivity index (χ2v) is 11.8. The van der Waals surface area contributed by atoms with Crippen molar-refractivity contribution in [1.82, 2.24) is 9.97 Å².